The van der Waals surface area contributed by atoms with Gasteiger partial charge in [-0.05, 0) is 36.8 Å². The summed E-state index contributed by atoms with van der Waals surface area (Å²) in [4.78, 5) is 0. The third-order valence-electron chi connectivity index (χ3n) is 2.39. The molecule has 1 heterocycles. The Kier molecular flexibility index (Phi) is 3.62. The molecule has 0 aliphatic rings. The first-order chi connectivity index (χ1) is 7.75. The predicted molar refractivity (Wildman–Crippen MR) is 69.6 cm³/mol. The lowest BCUT2D eigenvalue weighted by Gasteiger charge is -2.08. The van der Waals surface area contributed by atoms with Crippen molar-refractivity contribution in [1.29, 1.82) is 0 Å². The van der Waals surface area contributed by atoms with Gasteiger partial charge < -0.3 is 5.32 Å². The second-order valence-electron chi connectivity index (χ2n) is 3.66. The first-order valence-electron chi connectivity index (χ1n) is 5.23. The van der Waals surface area contributed by atoms with E-state index in [9.17, 15) is 0 Å². The van der Waals surface area contributed by atoms with E-state index >= 15 is 0 Å². The first kappa shape index (κ1) is 11.2. The fraction of sp³-hybridized carbons (Fsp3) is 0.250. The minimum absolute atomic E-state index is 0.877. The van der Waals surface area contributed by atoms with E-state index in [1.807, 2.05) is 16.9 Å². The number of hydrogen-bond acceptors (Lipinski definition) is 2. The fourth-order valence-electron chi connectivity index (χ4n) is 1.50. The van der Waals surface area contributed by atoms with Crippen molar-refractivity contribution in [2.75, 3.05) is 11.9 Å². The summed E-state index contributed by atoms with van der Waals surface area (Å²) in [6.45, 7) is 3.84. The lowest BCUT2D eigenvalue weighted by molar-refractivity contribution is 0.638. The zero-order valence-electron chi connectivity index (χ0n) is 9.15. The molecule has 0 saturated heterocycles. The van der Waals surface area contributed by atoms with Crippen molar-refractivity contribution in [1.82, 2.24) is 9.78 Å². The van der Waals surface area contributed by atoms with Crippen LogP contribution in [0.2, 0.25) is 0 Å². The molecule has 0 amide bonds. The molecule has 16 heavy (non-hydrogen) atoms. The van der Waals surface area contributed by atoms with E-state index in [0.717, 1.165) is 23.2 Å². The summed E-state index contributed by atoms with van der Waals surface area (Å²) in [5.41, 5.74) is 2.39. The van der Waals surface area contributed by atoms with Gasteiger partial charge in [0, 0.05) is 29.1 Å². The van der Waals surface area contributed by atoms with Crippen molar-refractivity contribution in [3.8, 4) is 0 Å². The van der Waals surface area contributed by atoms with Crippen molar-refractivity contribution in [3.05, 3.63) is 46.7 Å². The van der Waals surface area contributed by atoms with Gasteiger partial charge in [0.1, 0.15) is 0 Å². The summed E-state index contributed by atoms with van der Waals surface area (Å²) >= 11 is 3.49. The number of benzene rings is 1. The van der Waals surface area contributed by atoms with Crippen LogP contribution in [0.4, 0.5) is 5.69 Å². The number of halogens is 1. The predicted octanol–water partition coefficient (Wildman–Crippen LogP) is 3.07. The molecule has 0 bridgehead atoms. The standard InChI is InChI=1S/C12H14BrN3/c1-10-9-11(3-4-12(10)13)14-6-8-16-7-2-5-15-16/h2-5,7,9,14H,6,8H2,1H3. The largest absolute Gasteiger partial charge is 0.383 e. The van der Waals surface area contributed by atoms with Crippen LogP contribution >= 0.6 is 15.9 Å². The van der Waals surface area contributed by atoms with Gasteiger partial charge in [0.2, 0.25) is 0 Å². The zero-order chi connectivity index (χ0) is 11.4. The number of nitrogens with zero attached hydrogens (tertiary/aromatic N) is 2. The Labute approximate surface area is 104 Å². The maximum atomic E-state index is 4.15. The first-order valence-corrected chi connectivity index (χ1v) is 6.02. The van der Waals surface area contributed by atoms with Crippen molar-refractivity contribution >= 4 is 21.6 Å². The Morgan fingerprint density at radius 1 is 1.44 bits per heavy atom. The van der Waals surface area contributed by atoms with E-state index in [1.165, 1.54) is 5.56 Å². The van der Waals surface area contributed by atoms with E-state index in [1.54, 1.807) is 6.20 Å². The molecule has 0 aliphatic heterocycles. The zero-order valence-corrected chi connectivity index (χ0v) is 10.7. The molecule has 84 valence electrons. The van der Waals surface area contributed by atoms with Gasteiger partial charge in [-0.2, -0.15) is 5.10 Å². The summed E-state index contributed by atoms with van der Waals surface area (Å²) in [5, 5.41) is 7.52. The van der Waals surface area contributed by atoms with Crippen molar-refractivity contribution in [2.45, 2.75) is 13.5 Å². The number of aryl methyl sites for hydroxylation is 1. The minimum atomic E-state index is 0.877. The average molecular weight is 280 g/mol. The molecule has 0 fully saturated rings. The van der Waals surface area contributed by atoms with Crippen molar-refractivity contribution in [2.24, 2.45) is 0 Å². The molecular formula is C12H14BrN3. The Balaban J connectivity index is 1.87. The number of aromatic nitrogens is 2. The lowest BCUT2D eigenvalue weighted by atomic mass is 10.2. The van der Waals surface area contributed by atoms with Crippen LogP contribution in [0.25, 0.3) is 0 Å². The molecule has 2 rings (SSSR count). The average Bonchev–Trinajstić information content (AvgIpc) is 2.76. The van der Waals surface area contributed by atoms with Gasteiger partial charge in [-0.3, -0.25) is 4.68 Å². The molecule has 0 radical (unpaired) electrons. The summed E-state index contributed by atoms with van der Waals surface area (Å²) in [6.07, 6.45) is 3.76. The second kappa shape index (κ2) is 5.16. The highest BCUT2D eigenvalue weighted by molar-refractivity contribution is 9.10. The van der Waals surface area contributed by atoms with Crippen LogP contribution < -0.4 is 5.32 Å². The Morgan fingerprint density at radius 3 is 3.00 bits per heavy atom. The number of hydrogen-bond donors (Lipinski definition) is 1. The van der Waals surface area contributed by atoms with E-state index in [0.29, 0.717) is 0 Å². The molecule has 3 nitrogen and oxygen atoms in total. The topological polar surface area (TPSA) is 29.9 Å². The van der Waals surface area contributed by atoms with Crippen LogP contribution in [0.3, 0.4) is 0 Å². The molecule has 0 spiro atoms. The normalized spacial score (nSPS) is 10.4. The maximum Gasteiger partial charge on any atom is 0.0582 e. The molecule has 0 unspecified atom stereocenters. The van der Waals surface area contributed by atoms with Gasteiger partial charge in [-0.1, -0.05) is 15.9 Å². The molecule has 1 aromatic carbocycles. The maximum absolute atomic E-state index is 4.15. The third-order valence-corrected chi connectivity index (χ3v) is 3.28. The van der Waals surface area contributed by atoms with Gasteiger partial charge in [-0.15, -0.1) is 0 Å². The number of nitrogens with one attached hydrogen (secondary N) is 1. The quantitative estimate of drug-likeness (QED) is 0.932. The molecule has 4 heteroatoms. The van der Waals surface area contributed by atoms with Gasteiger partial charge in [0.15, 0.2) is 0 Å². The van der Waals surface area contributed by atoms with Gasteiger partial charge in [-0.25, -0.2) is 0 Å². The van der Waals surface area contributed by atoms with Crippen molar-refractivity contribution in [3.63, 3.8) is 0 Å². The smallest absolute Gasteiger partial charge is 0.0582 e. The van der Waals surface area contributed by atoms with Gasteiger partial charge >= 0.3 is 0 Å². The van der Waals surface area contributed by atoms with Gasteiger partial charge in [0.05, 0.1) is 6.54 Å². The van der Waals surface area contributed by atoms with Crippen LogP contribution in [0.15, 0.2) is 41.1 Å². The van der Waals surface area contributed by atoms with E-state index in [-0.39, 0.29) is 0 Å². The number of anilines is 1. The summed E-state index contributed by atoms with van der Waals surface area (Å²) in [5.74, 6) is 0. The minimum Gasteiger partial charge on any atom is -0.383 e. The van der Waals surface area contributed by atoms with Gasteiger partial charge in [0.25, 0.3) is 0 Å². The summed E-state index contributed by atoms with van der Waals surface area (Å²) < 4.78 is 3.06. The van der Waals surface area contributed by atoms with E-state index in [4.69, 9.17) is 0 Å². The molecule has 0 saturated carbocycles. The van der Waals surface area contributed by atoms with Crippen LogP contribution in [0.1, 0.15) is 5.56 Å². The van der Waals surface area contributed by atoms with Crippen molar-refractivity contribution < 1.29 is 0 Å². The highest BCUT2D eigenvalue weighted by Crippen LogP contribution is 2.19. The molecule has 1 aromatic heterocycles. The second-order valence-corrected chi connectivity index (χ2v) is 4.51. The number of rotatable bonds is 4. The molecule has 2 aromatic rings. The monoisotopic (exact) mass is 279 g/mol. The molecule has 1 N–H and O–H groups in total. The highest BCUT2D eigenvalue weighted by atomic mass is 79.9. The lowest BCUT2D eigenvalue weighted by Crippen LogP contribution is -2.10. The molecule has 0 aliphatic carbocycles. The van der Waals surface area contributed by atoms with E-state index in [2.05, 4.69) is 51.5 Å². The highest BCUT2D eigenvalue weighted by Gasteiger charge is 1.96. The third kappa shape index (κ3) is 2.85. The summed E-state index contributed by atoms with van der Waals surface area (Å²) in [7, 11) is 0. The Hall–Kier alpha value is -1.29. The van der Waals surface area contributed by atoms with Crippen LogP contribution in [0.5, 0.6) is 0 Å². The summed E-state index contributed by atoms with van der Waals surface area (Å²) in [6, 6.07) is 8.20. The Bertz CT molecular complexity index is 451. The SMILES string of the molecule is Cc1cc(NCCn2cccn2)ccc1Br. The Morgan fingerprint density at radius 2 is 2.31 bits per heavy atom. The molecule has 0 atom stereocenters. The molecular weight excluding hydrogens is 266 g/mol. The van der Waals surface area contributed by atoms with Crippen LogP contribution in [-0.4, -0.2) is 16.3 Å². The van der Waals surface area contributed by atoms with Crippen LogP contribution in [0, 0.1) is 6.92 Å². The van der Waals surface area contributed by atoms with E-state index < -0.39 is 0 Å². The van der Waals surface area contributed by atoms with Crippen LogP contribution in [-0.2, 0) is 6.54 Å². The fourth-order valence-corrected chi connectivity index (χ4v) is 1.75.